The fourth-order valence-electron chi connectivity index (χ4n) is 4.06. The number of fused-ring (bicyclic) bond motifs is 1. The van der Waals surface area contributed by atoms with Crippen molar-refractivity contribution < 1.29 is 18.8 Å². The van der Waals surface area contributed by atoms with E-state index >= 15 is 0 Å². The standard InChI is InChI=1S/C21H25FN2O2S/c1-26-18-7-6-15(12-17(18)22)14-23-8-10-24(11-9-23)21(25)20-13-16-4-2-3-5-19(16)27-20/h6-7,12-13H,2-5,8-11,14H2,1H3/p+1. The predicted octanol–water partition coefficient (Wildman–Crippen LogP) is 2.32. The number of piperazine rings is 1. The van der Waals surface area contributed by atoms with Gasteiger partial charge in [-0.3, -0.25) is 4.79 Å². The Morgan fingerprint density at radius 1 is 1.22 bits per heavy atom. The maximum atomic E-state index is 13.9. The Kier molecular flexibility index (Phi) is 5.45. The number of hydrogen-bond acceptors (Lipinski definition) is 3. The fraction of sp³-hybridized carbons (Fsp3) is 0.476. The molecular weight excluding hydrogens is 363 g/mol. The van der Waals surface area contributed by atoms with Gasteiger partial charge in [-0.05, 0) is 55.5 Å². The molecule has 144 valence electrons. The van der Waals surface area contributed by atoms with E-state index in [4.69, 9.17) is 4.74 Å². The normalized spacial score (nSPS) is 17.6. The molecule has 1 fully saturated rings. The number of ether oxygens (including phenoxy) is 1. The highest BCUT2D eigenvalue weighted by Crippen LogP contribution is 2.30. The molecule has 0 unspecified atom stereocenters. The minimum Gasteiger partial charge on any atom is -0.494 e. The summed E-state index contributed by atoms with van der Waals surface area (Å²) in [6.45, 7) is 4.08. The molecule has 1 saturated heterocycles. The van der Waals surface area contributed by atoms with Crippen LogP contribution in [0.15, 0.2) is 24.3 Å². The summed E-state index contributed by atoms with van der Waals surface area (Å²) in [6, 6.07) is 7.28. The highest BCUT2D eigenvalue weighted by molar-refractivity contribution is 7.14. The van der Waals surface area contributed by atoms with Crippen molar-refractivity contribution in [2.24, 2.45) is 0 Å². The zero-order valence-corrected chi connectivity index (χ0v) is 16.5. The summed E-state index contributed by atoms with van der Waals surface area (Å²) in [5.41, 5.74) is 2.36. The van der Waals surface area contributed by atoms with Gasteiger partial charge in [-0.1, -0.05) is 0 Å². The lowest BCUT2D eigenvalue weighted by atomic mass is 9.99. The maximum absolute atomic E-state index is 13.9. The van der Waals surface area contributed by atoms with Crippen LogP contribution in [0.3, 0.4) is 0 Å². The third-order valence-corrected chi connectivity index (χ3v) is 6.86. The van der Waals surface area contributed by atoms with Crippen LogP contribution in [0, 0.1) is 5.82 Å². The van der Waals surface area contributed by atoms with Crippen LogP contribution in [-0.4, -0.2) is 44.1 Å². The molecule has 0 spiro atoms. The number of hydrogen-bond donors (Lipinski definition) is 1. The van der Waals surface area contributed by atoms with Crippen LogP contribution in [0.4, 0.5) is 4.39 Å². The van der Waals surface area contributed by atoms with Gasteiger partial charge >= 0.3 is 0 Å². The largest absolute Gasteiger partial charge is 0.494 e. The van der Waals surface area contributed by atoms with Crippen LogP contribution in [0.25, 0.3) is 0 Å². The van der Waals surface area contributed by atoms with Gasteiger partial charge in [-0.2, -0.15) is 0 Å². The molecule has 1 aliphatic heterocycles. The van der Waals surface area contributed by atoms with Crippen molar-refractivity contribution in [3.63, 3.8) is 0 Å². The van der Waals surface area contributed by atoms with Gasteiger partial charge in [0.25, 0.3) is 5.91 Å². The number of quaternary nitrogens is 1. The van der Waals surface area contributed by atoms with Gasteiger partial charge in [0.2, 0.25) is 0 Å². The van der Waals surface area contributed by atoms with E-state index in [1.54, 1.807) is 23.5 Å². The van der Waals surface area contributed by atoms with Crippen molar-refractivity contribution >= 4 is 17.2 Å². The van der Waals surface area contributed by atoms with Gasteiger partial charge in [0.1, 0.15) is 6.54 Å². The second-order valence-electron chi connectivity index (χ2n) is 7.45. The Bertz CT molecular complexity index is 804. The summed E-state index contributed by atoms with van der Waals surface area (Å²) >= 11 is 1.69. The molecule has 2 aliphatic rings. The summed E-state index contributed by atoms with van der Waals surface area (Å²) in [4.78, 5) is 18.5. The molecule has 1 aliphatic carbocycles. The molecule has 1 N–H and O–H groups in total. The first-order chi connectivity index (χ1) is 13.1. The first-order valence-electron chi connectivity index (χ1n) is 9.71. The van der Waals surface area contributed by atoms with Crippen molar-refractivity contribution in [3.05, 3.63) is 51.0 Å². The number of carbonyl (C=O) groups excluding carboxylic acids is 1. The zero-order valence-electron chi connectivity index (χ0n) is 15.7. The number of thiophene rings is 1. The van der Waals surface area contributed by atoms with E-state index in [0.29, 0.717) is 0 Å². The summed E-state index contributed by atoms with van der Waals surface area (Å²) in [5.74, 6) is 0.150. The third kappa shape index (κ3) is 4.01. The number of benzene rings is 1. The summed E-state index contributed by atoms with van der Waals surface area (Å²) < 4.78 is 18.8. The van der Waals surface area contributed by atoms with Crippen molar-refractivity contribution in [3.8, 4) is 5.75 Å². The molecule has 4 nitrogen and oxygen atoms in total. The molecule has 6 heteroatoms. The lowest BCUT2D eigenvalue weighted by molar-refractivity contribution is -0.917. The molecule has 1 aromatic heterocycles. The van der Waals surface area contributed by atoms with E-state index in [1.807, 2.05) is 11.0 Å². The fourth-order valence-corrected chi connectivity index (χ4v) is 5.28. The first kappa shape index (κ1) is 18.4. The number of nitrogens with zero attached hydrogens (tertiary/aromatic N) is 1. The molecule has 2 heterocycles. The Morgan fingerprint density at radius 3 is 2.70 bits per heavy atom. The highest BCUT2D eigenvalue weighted by Gasteiger charge is 2.27. The van der Waals surface area contributed by atoms with E-state index in [0.717, 1.165) is 56.0 Å². The Hall–Kier alpha value is -1.92. The lowest BCUT2D eigenvalue weighted by Gasteiger charge is -2.32. The molecule has 2 aromatic rings. The van der Waals surface area contributed by atoms with Crippen molar-refractivity contribution in [2.75, 3.05) is 33.3 Å². The first-order valence-corrected chi connectivity index (χ1v) is 10.5. The predicted molar refractivity (Wildman–Crippen MR) is 104 cm³/mol. The highest BCUT2D eigenvalue weighted by atomic mass is 32.1. The van der Waals surface area contributed by atoms with E-state index in [1.165, 1.54) is 35.3 Å². The van der Waals surface area contributed by atoms with Gasteiger partial charge in [0.15, 0.2) is 11.6 Å². The van der Waals surface area contributed by atoms with Gasteiger partial charge in [-0.25, -0.2) is 4.39 Å². The van der Waals surface area contributed by atoms with Crippen LogP contribution in [0.5, 0.6) is 5.75 Å². The SMILES string of the molecule is COc1ccc(C[NH+]2CCN(C(=O)c3cc4c(s3)CCCC4)CC2)cc1F. The Balaban J connectivity index is 1.34. The number of aryl methyl sites for hydroxylation is 2. The Morgan fingerprint density at radius 2 is 2.00 bits per heavy atom. The molecule has 0 atom stereocenters. The number of halogens is 1. The summed E-state index contributed by atoms with van der Waals surface area (Å²) in [5, 5.41) is 0. The van der Waals surface area contributed by atoms with Crippen molar-refractivity contribution in [2.45, 2.75) is 32.2 Å². The number of nitrogens with one attached hydrogen (secondary N) is 1. The number of amides is 1. The van der Waals surface area contributed by atoms with E-state index < -0.39 is 0 Å². The molecule has 0 radical (unpaired) electrons. The lowest BCUT2D eigenvalue weighted by Crippen LogP contribution is -3.13. The van der Waals surface area contributed by atoms with Crippen LogP contribution in [0.2, 0.25) is 0 Å². The van der Waals surface area contributed by atoms with Crippen molar-refractivity contribution in [1.82, 2.24) is 4.90 Å². The van der Waals surface area contributed by atoms with E-state index in [2.05, 4.69) is 6.07 Å². The molecule has 27 heavy (non-hydrogen) atoms. The molecule has 1 aromatic carbocycles. The van der Waals surface area contributed by atoms with Gasteiger partial charge in [0.05, 0.1) is 38.2 Å². The van der Waals surface area contributed by atoms with Crippen LogP contribution < -0.4 is 9.64 Å². The minimum absolute atomic E-state index is 0.184. The monoisotopic (exact) mass is 389 g/mol. The topological polar surface area (TPSA) is 34.0 Å². The number of methoxy groups -OCH3 is 1. The summed E-state index contributed by atoms with van der Waals surface area (Å²) in [6.07, 6.45) is 4.74. The molecular formula is C21H26FN2O2S+. The quantitative estimate of drug-likeness (QED) is 0.871. The number of rotatable bonds is 4. The molecule has 4 rings (SSSR count). The Labute approximate surface area is 163 Å². The maximum Gasteiger partial charge on any atom is 0.264 e. The second kappa shape index (κ2) is 7.98. The molecule has 0 saturated carbocycles. The van der Waals surface area contributed by atoms with Crippen molar-refractivity contribution in [1.29, 1.82) is 0 Å². The second-order valence-corrected chi connectivity index (χ2v) is 8.59. The minimum atomic E-state index is -0.315. The average molecular weight is 390 g/mol. The van der Waals surface area contributed by atoms with Gasteiger partial charge in [0, 0.05) is 10.4 Å². The smallest absolute Gasteiger partial charge is 0.264 e. The van der Waals surface area contributed by atoms with Crippen LogP contribution in [-0.2, 0) is 19.4 Å². The van der Waals surface area contributed by atoms with E-state index in [9.17, 15) is 9.18 Å². The molecule has 0 bridgehead atoms. The zero-order chi connectivity index (χ0) is 18.8. The van der Waals surface area contributed by atoms with Gasteiger partial charge in [-0.15, -0.1) is 11.3 Å². The van der Waals surface area contributed by atoms with Crippen LogP contribution >= 0.6 is 11.3 Å². The van der Waals surface area contributed by atoms with E-state index in [-0.39, 0.29) is 17.5 Å². The van der Waals surface area contributed by atoms with Gasteiger partial charge < -0.3 is 14.5 Å². The third-order valence-electron chi connectivity index (χ3n) is 5.64. The molecule has 1 amide bonds. The number of carbonyl (C=O) groups is 1. The van der Waals surface area contributed by atoms with Crippen LogP contribution in [0.1, 0.15) is 38.5 Å². The summed E-state index contributed by atoms with van der Waals surface area (Å²) in [7, 11) is 1.48. The average Bonchev–Trinajstić information content (AvgIpc) is 3.12.